The molecule has 0 unspecified atom stereocenters. The van der Waals surface area contributed by atoms with Gasteiger partial charge in [0.25, 0.3) is 5.91 Å². The highest BCUT2D eigenvalue weighted by Crippen LogP contribution is 2.21. The van der Waals surface area contributed by atoms with Crippen molar-refractivity contribution in [3.05, 3.63) is 23.8 Å². The SMILES string of the molecule is CCCN(CC(F)(F)F)C(=O)c1ccc(N)cc1N. The number of amides is 1. The summed E-state index contributed by atoms with van der Waals surface area (Å²) in [6.07, 6.45) is -4.01. The fraction of sp³-hybridized carbons (Fsp3) is 0.417. The second kappa shape index (κ2) is 5.81. The molecule has 1 amide bonds. The van der Waals surface area contributed by atoms with Crippen LogP contribution in [-0.4, -0.2) is 30.1 Å². The van der Waals surface area contributed by atoms with Gasteiger partial charge in [0.1, 0.15) is 6.54 Å². The molecule has 0 saturated carbocycles. The number of carbonyl (C=O) groups is 1. The molecule has 0 spiro atoms. The standard InChI is InChI=1S/C12H16F3N3O/c1-2-5-18(7-12(13,14)15)11(19)9-4-3-8(16)6-10(9)17/h3-4,6H,2,5,7,16-17H2,1H3. The van der Waals surface area contributed by atoms with Gasteiger partial charge in [-0.2, -0.15) is 13.2 Å². The zero-order chi connectivity index (χ0) is 14.6. The van der Waals surface area contributed by atoms with E-state index in [-0.39, 0.29) is 17.8 Å². The van der Waals surface area contributed by atoms with Crippen LogP contribution in [-0.2, 0) is 0 Å². The van der Waals surface area contributed by atoms with E-state index < -0.39 is 18.6 Å². The van der Waals surface area contributed by atoms with E-state index in [2.05, 4.69) is 0 Å². The summed E-state index contributed by atoms with van der Waals surface area (Å²) in [5, 5.41) is 0. The minimum atomic E-state index is -4.44. The summed E-state index contributed by atoms with van der Waals surface area (Å²) in [4.78, 5) is 12.8. The van der Waals surface area contributed by atoms with Crippen LogP contribution in [0.2, 0.25) is 0 Å². The molecule has 19 heavy (non-hydrogen) atoms. The number of halogens is 3. The van der Waals surface area contributed by atoms with Crippen molar-refractivity contribution in [3.63, 3.8) is 0 Å². The van der Waals surface area contributed by atoms with Crippen LogP contribution >= 0.6 is 0 Å². The average molecular weight is 275 g/mol. The summed E-state index contributed by atoms with van der Waals surface area (Å²) in [5.41, 5.74) is 11.6. The topological polar surface area (TPSA) is 72.3 Å². The van der Waals surface area contributed by atoms with Crippen LogP contribution in [0.15, 0.2) is 18.2 Å². The number of nitrogens with zero attached hydrogens (tertiary/aromatic N) is 1. The van der Waals surface area contributed by atoms with Crippen molar-refractivity contribution in [2.45, 2.75) is 19.5 Å². The summed E-state index contributed by atoms with van der Waals surface area (Å²) >= 11 is 0. The normalized spacial score (nSPS) is 11.4. The molecule has 1 aromatic rings. The second-order valence-corrected chi connectivity index (χ2v) is 4.19. The number of nitrogens with two attached hydrogens (primary N) is 2. The number of carbonyl (C=O) groups excluding carboxylic acids is 1. The molecule has 0 atom stereocenters. The number of hydrogen-bond donors (Lipinski definition) is 2. The average Bonchev–Trinajstić information content (AvgIpc) is 2.26. The predicted octanol–water partition coefficient (Wildman–Crippen LogP) is 2.27. The molecule has 0 radical (unpaired) electrons. The molecular weight excluding hydrogens is 259 g/mol. The van der Waals surface area contributed by atoms with Crippen LogP contribution in [0, 0.1) is 0 Å². The maximum absolute atomic E-state index is 12.4. The van der Waals surface area contributed by atoms with Crippen LogP contribution in [0.1, 0.15) is 23.7 Å². The molecule has 0 aliphatic carbocycles. The number of alkyl halides is 3. The molecule has 4 nitrogen and oxygen atoms in total. The Morgan fingerprint density at radius 3 is 2.42 bits per heavy atom. The highest BCUT2D eigenvalue weighted by atomic mass is 19.4. The zero-order valence-electron chi connectivity index (χ0n) is 10.5. The third-order valence-corrected chi connectivity index (χ3v) is 2.46. The summed E-state index contributed by atoms with van der Waals surface area (Å²) in [5.74, 6) is -0.739. The largest absolute Gasteiger partial charge is 0.406 e. The van der Waals surface area contributed by atoms with Crippen LogP contribution in [0.3, 0.4) is 0 Å². The minimum Gasteiger partial charge on any atom is -0.399 e. The van der Waals surface area contributed by atoms with Gasteiger partial charge in [0.2, 0.25) is 0 Å². The Kier molecular flexibility index (Phi) is 4.63. The number of hydrogen-bond acceptors (Lipinski definition) is 3. The molecule has 0 aromatic heterocycles. The van der Waals surface area contributed by atoms with E-state index in [0.717, 1.165) is 4.90 Å². The van der Waals surface area contributed by atoms with Crippen molar-refractivity contribution in [3.8, 4) is 0 Å². The van der Waals surface area contributed by atoms with E-state index in [4.69, 9.17) is 11.5 Å². The summed E-state index contributed by atoms with van der Waals surface area (Å²) < 4.78 is 37.3. The molecule has 0 bridgehead atoms. The van der Waals surface area contributed by atoms with Crippen LogP contribution in [0.5, 0.6) is 0 Å². The van der Waals surface area contributed by atoms with E-state index in [9.17, 15) is 18.0 Å². The number of benzene rings is 1. The van der Waals surface area contributed by atoms with Crippen LogP contribution in [0.25, 0.3) is 0 Å². The quantitative estimate of drug-likeness (QED) is 0.828. The lowest BCUT2D eigenvalue weighted by molar-refractivity contribution is -0.140. The summed E-state index contributed by atoms with van der Waals surface area (Å²) in [6.45, 7) is 0.425. The van der Waals surface area contributed by atoms with Gasteiger partial charge in [0.15, 0.2) is 0 Å². The van der Waals surface area contributed by atoms with Gasteiger partial charge in [-0.05, 0) is 24.6 Å². The van der Waals surface area contributed by atoms with Gasteiger partial charge in [-0.15, -0.1) is 0 Å². The molecule has 0 heterocycles. The van der Waals surface area contributed by atoms with Crippen molar-refractivity contribution >= 4 is 17.3 Å². The van der Waals surface area contributed by atoms with Crippen molar-refractivity contribution < 1.29 is 18.0 Å². The highest BCUT2D eigenvalue weighted by molar-refractivity contribution is 5.99. The Morgan fingerprint density at radius 2 is 1.95 bits per heavy atom. The summed E-state index contributed by atoms with van der Waals surface area (Å²) in [7, 11) is 0. The minimum absolute atomic E-state index is 0.0160. The maximum atomic E-state index is 12.4. The first-order valence-electron chi connectivity index (χ1n) is 5.75. The first kappa shape index (κ1) is 15.1. The van der Waals surface area contributed by atoms with Gasteiger partial charge in [-0.1, -0.05) is 6.92 Å². The van der Waals surface area contributed by atoms with E-state index in [0.29, 0.717) is 12.1 Å². The molecule has 0 aliphatic heterocycles. The second-order valence-electron chi connectivity index (χ2n) is 4.19. The van der Waals surface area contributed by atoms with Crippen molar-refractivity contribution in [2.75, 3.05) is 24.6 Å². The van der Waals surface area contributed by atoms with Crippen molar-refractivity contribution in [1.82, 2.24) is 4.90 Å². The fourth-order valence-corrected chi connectivity index (χ4v) is 1.69. The lowest BCUT2D eigenvalue weighted by Gasteiger charge is -2.24. The molecule has 106 valence electrons. The Hall–Kier alpha value is -1.92. The van der Waals surface area contributed by atoms with Crippen LogP contribution < -0.4 is 11.5 Å². The predicted molar refractivity (Wildman–Crippen MR) is 67.5 cm³/mol. The van der Waals surface area contributed by atoms with E-state index in [1.165, 1.54) is 18.2 Å². The molecular formula is C12H16F3N3O. The third kappa shape index (κ3) is 4.35. The molecule has 1 aromatic carbocycles. The Balaban J connectivity index is 2.99. The van der Waals surface area contributed by atoms with E-state index in [1.54, 1.807) is 6.92 Å². The molecule has 0 fully saturated rings. The Bertz CT molecular complexity index is 460. The van der Waals surface area contributed by atoms with Gasteiger partial charge < -0.3 is 16.4 Å². The molecule has 1 rings (SSSR count). The number of anilines is 2. The van der Waals surface area contributed by atoms with E-state index in [1.807, 2.05) is 0 Å². The van der Waals surface area contributed by atoms with Crippen LogP contribution in [0.4, 0.5) is 24.5 Å². The zero-order valence-corrected chi connectivity index (χ0v) is 10.5. The number of nitrogen functional groups attached to an aromatic ring is 2. The number of rotatable bonds is 4. The third-order valence-electron chi connectivity index (χ3n) is 2.46. The van der Waals surface area contributed by atoms with E-state index >= 15 is 0 Å². The molecule has 7 heteroatoms. The molecule has 4 N–H and O–H groups in total. The van der Waals surface area contributed by atoms with Gasteiger partial charge in [-0.25, -0.2) is 0 Å². The van der Waals surface area contributed by atoms with Gasteiger partial charge in [0, 0.05) is 17.9 Å². The fourth-order valence-electron chi connectivity index (χ4n) is 1.69. The van der Waals surface area contributed by atoms with Crippen molar-refractivity contribution in [2.24, 2.45) is 0 Å². The monoisotopic (exact) mass is 275 g/mol. The Morgan fingerprint density at radius 1 is 1.32 bits per heavy atom. The van der Waals surface area contributed by atoms with Gasteiger partial charge in [0.05, 0.1) is 5.56 Å². The molecule has 0 saturated heterocycles. The smallest absolute Gasteiger partial charge is 0.399 e. The van der Waals surface area contributed by atoms with Gasteiger partial charge >= 0.3 is 6.18 Å². The lowest BCUT2D eigenvalue weighted by atomic mass is 10.1. The first-order valence-corrected chi connectivity index (χ1v) is 5.75. The van der Waals surface area contributed by atoms with Crippen molar-refractivity contribution in [1.29, 1.82) is 0 Å². The summed E-state index contributed by atoms with van der Waals surface area (Å²) in [6, 6.07) is 4.12. The lowest BCUT2D eigenvalue weighted by Crippen LogP contribution is -2.39. The highest BCUT2D eigenvalue weighted by Gasteiger charge is 2.33. The first-order chi connectivity index (χ1) is 8.74. The Labute approximate surface area is 109 Å². The molecule has 0 aliphatic rings. The maximum Gasteiger partial charge on any atom is 0.406 e. The van der Waals surface area contributed by atoms with Gasteiger partial charge in [-0.3, -0.25) is 4.79 Å².